The molecule has 3 heteroatoms. The first-order chi connectivity index (χ1) is 9.58. The number of hydrogen-bond donors (Lipinski definition) is 1. The Morgan fingerprint density at radius 3 is 2.40 bits per heavy atom. The minimum atomic E-state index is 0.395. The van der Waals surface area contributed by atoms with Crippen LogP contribution in [0.5, 0.6) is 0 Å². The molecule has 20 heavy (non-hydrogen) atoms. The molecule has 0 unspecified atom stereocenters. The molecule has 3 nitrogen and oxygen atoms in total. The van der Waals surface area contributed by atoms with Crippen molar-refractivity contribution in [3.8, 4) is 5.69 Å². The van der Waals surface area contributed by atoms with Gasteiger partial charge in [0.15, 0.2) is 0 Å². The van der Waals surface area contributed by atoms with Crippen LogP contribution in [0.15, 0.2) is 36.7 Å². The highest BCUT2D eigenvalue weighted by Crippen LogP contribution is 2.17. The van der Waals surface area contributed by atoms with Crippen molar-refractivity contribution in [3.63, 3.8) is 0 Å². The van der Waals surface area contributed by atoms with Gasteiger partial charge in [-0.25, -0.2) is 4.98 Å². The summed E-state index contributed by atoms with van der Waals surface area (Å²) in [6.07, 6.45) is 5.05. The number of benzene rings is 1. The third kappa shape index (κ3) is 3.70. The lowest BCUT2D eigenvalue weighted by Crippen LogP contribution is -2.20. The quantitative estimate of drug-likeness (QED) is 0.864. The summed E-state index contributed by atoms with van der Waals surface area (Å²) in [5.41, 5.74) is 2.49. The molecule has 2 aromatic rings. The second-order valence-corrected chi connectivity index (χ2v) is 5.79. The van der Waals surface area contributed by atoms with Crippen LogP contribution in [0.1, 0.15) is 44.6 Å². The molecule has 0 spiro atoms. The molecule has 1 aromatic carbocycles. The molecule has 0 aliphatic rings. The van der Waals surface area contributed by atoms with Crippen molar-refractivity contribution in [1.29, 1.82) is 0 Å². The average Bonchev–Trinajstić information content (AvgIpc) is 2.84. The Labute approximate surface area is 122 Å². The Hall–Kier alpha value is -1.61. The molecule has 0 bridgehead atoms. The van der Waals surface area contributed by atoms with Crippen LogP contribution >= 0.6 is 0 Å². The van der Waals surface area contributed by atoms with E-state index in [1.807, 2.05) is 19.3 Å². The van der Waals surface area contributed by atoms with Gasteiger partial charge in [0, 0.05) is 24.1 Å². The van der Waals surface area contributed by atoms with Gasteiger partial charge in [-0.15, -0.1) is 0 Å². The first-order valence-electron chi connectivity index (χ1n) is 7.41. The fraction of sp³-hybridized carbons (Fsp3) is 0.471. The van der Waals surface area contributed by atoms with Gasteiger partial charge in [0.2, 0.25) is 0 Å². The highest BCUT2D eigenvalue weighted by molar-refractivity contribution is 5.36. The Morgan fingerprint density at radius 1 is 1.15 bits per heavy atom. The van der Waals surface area contributed by atoms with Gasteiger partial charge >= 0.3 is 0 Å². The lowest BCUT2D eigenvalue weighted by atomic mass is 10.1. The smallest absolute Gasteiger partial charge is 0.110 e. The molecule has 0 amide bonds. The summed E-state index contributed by atoms with van der Waals surface area (Å²) in [7, 11) is 0. The van der Waals surface area contributed by atoms with Crippen molar-refractivity contribution in [3.05, 3.63) is 48.0 Å². The standard InChI is InChI=1S/C17H25N3/c1-13(2)9-10-18-14(3)16-5-7-17(8-6-16)20-12-11-19-15(20)4/h5-8,11-14,18H,9-10H2,1-4H3/t14-/m1/s1. The summed E-state index contributed by atoms with van der Waals surface area (Å²) in [5, 5.41) is 3.58. The molecule has 0 saturated carbocycles. The van der Waals surface area contributed by atoms with Crippen molar-refractivity contribution >= 4 is 0 Å². The van der Waals surface area contributed by atoms with Gasteiger partial charge in [0.25, 0.3) is 0 Å². The highest BCUT2D eigenvalue weighted by atomic mass is 15.1. The van der Waals surface area contributed by atoms with E-state index in [4.69, 9.17) is 0 Å². The summed E-state index contributed by atoms with van der Waals surface area (Å²) in [5.74, 6) is 1.77. The fourth-order valence-corrected chi connectivity index (χ4v) is 2.28. The van der Waals surface area contributed by atoms with Crippen molar-refractivity contribution in [2.24, 2.45) is 5.92 Å². The van der Waals surface area contributed by atoms with E-state index in [-0.39, 0.29) is 0 Å². The Bertz CT molecular complexity index is 525. The molecule has 1 atom stereocenters. The maximum atomic E-state index is 4.26. The molecular weight excluding hydrogens is 246 g/mol. The van der Waals surface area contributed by atoms with Gasteiger partial charge in [-0.05, 0) is 50.4 Å². The van der Waals surface area contributed by atoms with E-state index in [0.717, 1.165) is 24.0 Å². The van der Waals surface area contributed by atoms with Crippen LogP contribution in [-0.4, -0.2) is 16.1 Å². The second kappa shape index (κ2) is 6.71. The van der Waals surface area contributed by atoms with Crippen molar-refractivity contribution in [1.82, 2.24) is 14.9 Å². The zero-order chi connectivity index (χ0) is 14.5. The summed E-state index contributed by atoms with van der Waals surface area (Å²) < 4.78 is 2.10. The van der Waals surface area contributed by atoms with Crippen LogP contribution in [0.3, 0.4) is 0 Å². The molecular formula is C17H25N3. The van der Waals surface area contributed by atoms with E-state index in [1.165, 1.54) is 12.0 Å². The first-order valence-corrected chi connectivity index (χ1v) is 7.41. The Balaban J connectivity index is 1.99. The normalized spacial score (nSPS) is 12.8. The van der Waals surface area contributed by atoms with Crippen LogP contribution in [0.25, 0.3) is 5.69 Å². The van der Waals surface area contributed by atoms with Crippen molar-refractivity contribution < 1.29 is 0 Å². The monoisotopic (exact) mass is 271 g/mol. The fourth-order valence-electron chi connectivity index (χ4n) is 2.28. The van der Waals surface area contributed by atoms with E-state index in [0.29, 0.717) is 6.04 Å². The molecule has 0 saturated heterocycles. The predicted molar refractivity (Wildman–Crippen MR) is 84.2 cm³/mol. The molecule has 2 rings (SSSR count). The summed E-state index contributed by atoms with van der Waals surface area (Å²) in [6.45, 7) is 9.83. The molecule has 0 aliphatic heterocycles. The lowest BCUT2D eigenvalue weighted by Gasteiger charge is -2.16. The SMILES string of the molecule is Cc1nccn1-c1ccc([C@@H](C)NCCC(C)C)cc1. The highest BCUT2D eigenvalue weighted by Gasteiger charge is 2.06. The van der Waals surface area contributed by atoms with Crippen molar-refractivity contribution in [2.45, 2.75) is 40.2 Å². The van der Waals surface area contributed by atoms with E-state index in [1.54, 1.807) is 0 Å². The number of nitrogens with one attached hydrogen (secondary N) is 1. The third-order valence-corrected chi connectivity index (χ3v) is 3.67. The van der Waals surface area contributed by atoms with E-state index < -0.39 is 0 Å². The van der Waals surface area contributed by atoms with Gasteiger partial charge in [-0.1, -0.05) is 26.0 Å². The van der Waals surface area contributed by atoms with Crippen LogP contribution in [-0.2, 0) is 0 Å². The van der Waals surface area contributed by atoms with Gasteiger partial charge in [-0.2, -0.15) is 0 Å². The van der Waals surface area contributed by atoms with Crippen LogP contribution in [0.4, 0.5) is 0 Å². The van der Waals surface area contributed by atoms with E-state index in [2.05, 4.69) is 59.9 Å². The van der Waals surface area contributed by atoms with E-state index in [9.17, 15) is 0 Å². The lowest BCUT2D eigenvalue weighted by molar-refractivity contribution is 0.497. The summed E-state index contributed by atoms with van der Waals surface area (Å²) >= 11 is 0. The minimum Gasteiger partial charge on any atom is -0.310 e. The Morgan fingerprint density at radius 2 is 1.85 bits per heavy atom. The number of rotatable bonds is 6. The van der Waals surface area contributed by atoms with Crippen molar-refractivity contribution in [2.75, 3.05) is 6.54 Å². The number of imidazole rings is 1. The number of aromatic nitrogens is 2. The molecule has 108 valence electrons. The molecule has 0 aliphatic carbocycles. The van der Waals surface area contributed by atoms with Gasteiger partial charge in [0.1, 0.15) is 5.82 Å². The van der Waals surface area contributed by atoms with Gasteiger partial charge in [-0.3, -0.25) is 0 Å². The average molecular weight is 271 g/mol. The van der Waals surface area contributed by atoms with E-state index >= 15 is 0 Å². The van der Waals surface area contributed by atoms with Crippen LogP contribution in [0, 0.1) is 12.8 Å². The molecule has 1 aromatic heterocycles. The van der Waals surface area contributed by atoms with Gasteiger partial charge < -0.3 is 9.88 Å². The predicted octanol–water partition coefficient (Wildman–Crippen LogP) is 3.88. The zero-order valence-corrected chi connectivity index (χ0v) is 12.9. The van der Waals surface area contributed by atoms with Crippen LogP contribution < -0.4 is 5.32 Å². The maximum absolute atomic E-state index is 4.26. The largest absolute Gasteiger partial charge is 0.310 e. The number of aryl methyl sites for hydroxylation is 1. The zero-order valence-electron chi connectivity index (χ0n) is 12.9. The van der Waals surface area contributed by atoms with Gasteiger partial charge in [0.05, 0.1) is 0 Å². The molecule has 0 radical (unpaired) electrons. The minimum absolute atomic E-state index is 0.395. The topological polar surface area (TPSA) is 29.9 Å². The third-order valence-electron chi connectivity index (χ3n) is 3.67. The summed E-state index contributed by atoms with van der Waals surface area (Å²) in [6, 6.07) is 9.10. The maximum Gasteiger partial charge on any atom is 0.110 e. The number of nitrogens with zero attached hydrogens (tertiary/aromatic N) is 2. The molecule has 1 N–H and O–H groups in total. The second-order valence-electron chi connectivity index (χ2n) is 5.79. The molecule has 1 heterocycles. The van der Waals surface area contributed by atoms with Crippen LogP contribution in [0.2, 0.25) is 0 Å². The summed E-state index contributed by atoms with van der Waals surface area (Å²) in [4.78, 5) is 4.26. The first kappa shape index (κ1) is 14.8. The Kier molecular flexibility index (Phi) is 4.96. The molecule has 0 fully saturated rings. The number of hydrogen-bond acceptors (Lipinski definition) is 2.